The van der Waals surface area contributed by atoms with Crippen molar-refractivity contribution in [3.05, 3.63) is 46.2 Å². The first-order valence-corrected chi connectivity index (χ1v) is 6.33. The number of hydrogen-bond acceptors (Lipinski definition) is 4. The number of fused-ring (bicyclic) bond motifs is 1. The van der Waals surface area contributed by atoms with Gasteiger partial charge >= 0.3 is 0 Å². The first kappa shape index (κ1) is 10.6. The summed E-state index contributed by atoms with van der Waals surface area (Å²) in [7, 11) is 0. The molecule has 2 heterocycles. The molecule has 0 amide bonds. The fourth-order valence-corrected chi connectivity index (χ4v) is 2.58. The Morgan fingerprint density at radius 2 is 1.94 bits per heavy atom. The van der Waals surface area contributed by atoms with E-state index in [1.807, 2.05) is 35.7 Å². The van der Waals surface area contributed by atoms with Crippen LogP contribution in [0.4, 0.5) is 0 Å². The Hall–Kier alpha value is -1.52. The van der Waals surface area contributed by atoms with E-state index in [0.29, 0.717) is 19.0 Å². The van der Waals surface area contributed by atoms with E-state index in [2.05, 4.69) is 0 Å². The van der Waals surface area contributed by atoms with Crippen molar-refractivity contribution >= 4 is 11.3 Å². The monoisotopic (exact) mass is 248 g/mol. The van der Waals surface area contributed by atoms with Gasteiger partial charge in [-0.3, -0.25) is 0 Å². The molecule has 1 N–H and O–H groups in total. The molecule has 4 heteroatoms. The van der Waals surface area contributed by atoms with Gasteiger partial charge in [0.2, 0.25) is 0 Å². The number of aliphatic hydroxyl groups is 1. The Labute approximate surface area is 103 Å². The van der Waals surface area contributed by atoms with Gasteiger partial charge in [-0.05, 0) is 29.1 Å². The van der Waals surface area contributed by atoms with E-state index < -0.39 is 6.10 Å². The van der Waals surface area contributed by atoms with Crippen LogP contribution in [0.25, 0.3) is 0 Å². The van der Waals surface area contributed by atoms with Crippen LogP contribution in [0.3, 0.4) is 0 Å². The second-order valence-electron chi connectivity index (χ2n) is 3.82. The topological polar surface area (TPSA) is 38.7 Å². The van der Waals surface area contributed by atoms with E-state index in [-0.39, 0.29) is 0 Å². The summed E-state index contributed by atoms with van der Waals surface area (Å²) < 4.78 is 10.9. The van der Waals surface area contributed by atoms with Crippen molar-refractivity contribution in [1.82, 2.24) is 0 Å². The summed E-state index contributed by atoms with van der Waals surface area (Å²) in [5, 5.41) is 12.2. The van der Waals surface area contributed by atoms with E-state index in [9.17, 15) is 5.11 Å². The van der Waals surface area contributed by atoms with Gasteiger partial charge < -0.3 is 14.6 Å². The number of ether oxygens (including phenoxy) is 2. The summed E-state index contributed by atoms with van der Waals surface area (Å²) >= 11 is 1.54. The third kappa shape index (κ3) is 2.01. The van der Waals surface area contributed by atoms with E-state index >= 15 is 0 Å². The van der Waals surface area contributed by atoms with Gasteiger partial charge in [0, 0.05) is 4.88 Å². The number of rotatable bonds is 2. The SMILES string of the molecule is O[C@H](c1ccc2c(c1)OCCO2)c1cccs1. The minimum Gasteiger partial charge on any atom is -0.486 e. The molecular weight excluding hydrogens is 236 g/mol. The zero-order valence-electron chi connectivity index (χ0n) is 9.13. The van der Waals surface area contributed by atoms with E-state index in [4.69, 9.17) is 9.47 Å². The van der Waals surface area contributed by atoms with Crippen molar-refractivity contribution in [2.45, 2.75) is 6.10 Å². The van der Waals surface area contributed by atoms with Crippen molar-refractivity contribution in [2.75, 3.05) is 13.2 Å². The molecule has 88 valence electrons. The molecule has 3 nitrogen and oxygen atoms in total. The fraction of sp³-hybridized carbons (Fsp3) is 0.231. The van der Waals surface area contributed by atoms with Gasteiger partial charge in [0.15, 0.2) is 11.5 Å². The average molecular weight is 248 g/mol. The highest BCUT2D eigenvalue weighted by molar-refractivity contribution is 7.10. The first-order valence-electron chi connectivity index (χ1n) is 5.45. The lowest BCUT2D eigenvalue weighted by Crippen LogP contribution is -2.15. The Bertz CT molecular complexity index is 507. The maximum atomic E-state index is 10.2. The molecule has 17 heavy (non-hydrogen) atoms. The van der Waals surface area contributed by atoms with Crippen LogP contribution in [-0.4, -0.2) is 18.3 Å². The van der Waals surface area contributed by atoms with E-state index in [1.165, 1.54) is 0 Å². The molecule has 3 rings (SSSR count). The quantitative estimate of drug-likeness (QED) is 0.887. The second-order valence-corrected chi connectivity index (χ2v) is 4.80. The fourth-order valence-electron chi connectivity index (χ4n) is 1.84. The molecular formula is C13H12O3S. The smallest absolute Gasteiger partial charge is 0.161 e. The van der Waals surface area contributed by atoms with E-state index in [0.717, 1.165) is 16.2 Å². The maximum absolute atomic E-state index is 10.2. The molecule has 0 radical (unpaired) electrons. The lowest BCUT2D eigenvalue weighted by Gasteiger charge is -2.20. The predicted octanol–water partition coefficient (Wildman–Crippen LogP) is 2.60. The molecule has 1 atom stereocenters. The normalized spacial score (nSPS) is 15.6. The largest absolute Gasteiger partial charge is 0.486 e. The Balaban J connectivity index is 1.93. The summed E-state index contributed by atoms with van der Waals surface area (Å²) in [4.78, 5) is 0.932. The third-order valence-electron chi connectivity index (χ3n) is 2.69. The highest BCUT2D eigenvalue weighted by atomic mass is 32.1. The molecule has 0 saturated heterocycles. The number of aliphatic hydroxyl groups excluding tert-OH is 1. The summed E-state index contributed by atoms with van der Waals surface area (Å²) in [6.07, 6.45) is -0.592. The molecule has 1 aromatic heterocycles. The molecule has 0 saturated carbocycles. The molecule has 0 bridgehead atoms. The van der Waals surface area contributed by atoms with Crippen LogP contribution in [0.2, 0.25) is 0 Å². The van der Waals surface area contributed by atoms with Gasteiger partial charge in [-0.2, -0.15) is 0 Å². The molecule has 0 spiro atoms. The summed E-state index contributed by atoms with van der Waals surface area (Å²) in [6, 6.07) is 9.42. The standard InChI is InChI=1S/C13H12O3S/c14-13(12-2-1-7-17-12)9-3-4-10-11(8-9)16-6-5-15-10/h1-4,7-8,13-14H,5-6H2/t13-/m1/s1. The lowest BCUT2D eigenvalue weighted by atomic mass is 10.1. The van der Waals surface area contributed by atoms with Gasteiger partial charge in [0.1, 0.15) is 19.3 Å². The molecule has 1 aliphatic heterocycles. The van der Waals surface area contributed by atoms with Crippen LogP contribution in [-0.2, 0) is 0 Å². The molecule has 0 unspecified atom stereocenters. The minimum atomic E-state index is -0.592. The Kier molecular flexibility index (Phi) is 2.74. The van der Waals surface area contributed by atoms with Crippen LogP contribution >= 0.6 is 11.3 Å². The predicted molar refractivity (Wildman–Crippen MR) is 65.8 cm³/mol. The average Bonchev–Trinajstić information content (AvgIpc) is 2.91. The molecule has 1 aromatic carbocycles. The maximum Gasteiger partial charge on any atom is 0.161 e. The lowest BCUT2D eigenvalue weighted by molar-refractivity contribution is 0.170. The summed E-state index contributed by atoms with van der Waals surface area (Å²) in [6.45, 7) is 1.14. The van der Waals surface area contributed by atoms with Crippen molar-refractivity contribution in [3.63, 3.8) is 0 Å². The highest BCUT2D eigenvalue weighted by Crippen LogP contribution is 2.35. The number of hydrogen-bond donors (Lipinski definition) is 1. The van der Waals surface area contributed by atoms with Gasteiger partial charge in [-0.25, -0.2) is 0 Å². The van der Waals surface area contributed by atoms with Crippen LogP contribution in [0.1, 0.15) is 16.5 Å². The van der Waals surface area contributed by atoms with Crippen LogP contribution in [0, 0.1) is 0 Å². The van der Waals surface area contributed by atoms with Crippen LogP contribution < -0.4 is 9.47 Å². The summed E-state index contributed by atoms with van der Waals surface area (Å²) in [5.74, 6) is 1.46. The highest BCUT2D eigenvalue weighted by Gasteiger charge is 2.16. The summed E-state index contributed by atoms with van der Waals surface area (Å²) in [5.41, 5.74) is 0.830. The molecule has 0 fully saturated rings. The van der Waals surface area contributed by atoms with Crippen LogP contribution in [0.5, 0.6) is 11.5 Å². The molecule has 1 aliphatic rings. The van der Waals surface area contributed by atoms with Gasteiger partial charge in [0.25, 0.3) is 0 Å². The number of benzene rings is 1. The Morgan fingerprint density at radius 1 is 1.12 bits per heavy atom. The van der Waals surface area contributed by atoms with Crippen molar-refractivity contribution in [2.24, 2.45) is 0 Å². The van der Waals surface area contributed by atoms with Crippen molar-refractivity contribution in [1.29, 1.82) is 0 Å². The zero-order chi connectivity index (χ0) is 11.7. The molecule has 2 aromatic rings. The first-order chi connectivity index (χ1) is 8.34. The second kappa shape index (κ2) is 4.39. The number of thiophene rings is 1. The molecule has 0 aliphatic carbocycles. The Morgan fingerprint density at radius 3 is 2.71 bits per heavy atom. The zero-order valence-corrected chi connectivity index (χ0v) is 9.94. The third-order valence-corrected chi connectivity index (χ3v) is 3.62. The van der Waals surface area contributed by atoms with Crippen molar-refractivity contribution < 1.29 is 14.6 Å². The van der Waals surface area contributed by atoms with Gasteiger partial charge in [-0.15, -0.1) is 11.3 Å². The van der Waals surface area contributed by atoms with E-state index in [1.54, 1.807) is 11.3 Å². The van der Waals surface area contributed by atoms with Crippen LogP contribution in [0.15, 0.2) is 35.7 Å². The minimum absolute atomic E-state index is 0.561. The van der Waals surface area contributed by atoms with Gasteiger partial charge in [-0.1, -0.05) is 12.1 Å². The van der Waals surface area contributed by atoms with Crippen molar-refractivity contribution in [3.8, 4) is 11.5 Å². The van der Waals surface area contributed by atoms with Gasteiger partial charge in [0.05, 0.1) is 0 Å².